The van der Waals surface area contributed by atoms with Crippen LogP contribution in [0.25, 0.3) is 5.69 Å². The summed E-state index contributed by atoms with van der Waals surface area (Å²) in [5, 5.41) is 19.9. The second-order valence-corrected chi connectivity index (χ2v) is 4.85. The monoisotopic (exact) mass is 382 g/mol. The van der Waals surface area contributed by atoms with Crippen molar-refractivity contribution in [2.75, 3.05) is 0 Å². The molecule has 0 radical (unpaired) electrons. The molecule has 0 saturated heterocycles. The van der Waals surface area contributed by atoms with Crippen LogP contribution in [0, 0.1) is 0 Å². The maximum absolute atomic E-state index is 12.2. The minimum Gasteiger partial charge on any atom is -0.543 e. The number of halogens is 2. The summed E-state index contributed by atoms with van der Waals surface area (Å²) in [6.07, 6.45) is 0. The summed E-state index contributed by atoms with van der Waals surface area (Å²) in [5.41, 5.74) is -5.04. The van der Waals surface area contributed by atoms with Crippen LogP contribution in [-0.2, 0) is 0 Å². The number of carboxylic acid groups (broad SMARTS) is 2. The van der Waals surface area contributed by atoms with Gasteiger partial charge in [-0.2, -0.15) is 0 Å². The number of carbonyl (C=O) groups is 2. The Morgan fingerprint density at radius 2 is 1.83 bits per heavy atom. The van der Waals surface area contributed by atoms with E-state index in [1.165, 1.54) is 12.1 Å². The average molecular weight is 383 g/mol. The van der Waals surface area contributed by atoms with Crippen LogP contribution < -0.4 is 67.7 Å². The molecule has 0 aliphatic rings. The van der Waals surface area contributed by atoms with E-state index in [1.807, 2.05) is 0 Å². The summed E-state index contributed by atoms with van der Waals surface area (Å²) in [4.78, 5) is 47.9. The van der Waals surface area contributed by atoms with Crippen molar-refractivity contribution < 1.29 is 71.2 Å². The van der Waals surface area contributed by atoms with Gasteiger partial charge in [0.1, 0.15) is 0 Å². The van der Waals surface area contributed by atoms with Gasteiger partial charge >= 0.3 is 63.0 Å². The smallest absolute Gasteiger partial charge is 0.543 e. The quantitative estimate of drug-likeness (QED) is 0.540. The van der Waals surface area contributed by atoms with Crippen LogP contribution in [0.1, 0.15) is 20.8 Å². The number of hydrogen-bond acceptors (Lipinski definition) is 5. The van der Waals surface area contributed by atoms with Crippen LogP contribution in [0.5, 0.6) is 0 Å². The molecule has 1 heterocycles. The molecule has 0 amide bonds. The van der Waals surface area contributed by atoms with Crippen molar-refractivity contribution in [3.63, 3.8) is 0 Å². The van der Waals surface area contributed by atoms with Crippen molar-refractivity contribution in [3.05, 3.63) is 60.3 Å². The number of benzene rings is 1. The van der Waals surface area contributed by atoms with Gasteiger partial charge in [0.2, 0.25) is 0 Å². The van der Waals surface area contributed by atoms with E-state index in [-0.39, 0.29) is 67.1 Å². The summed E-state index contributed by atoms with van der Waals surface area (Å²) in [6.45, 7) is 0. The van der Waals surface area contributed by atoms with E-state index in [9.17, 15) is 24.3 Å². The molecule has 0 atom stereocenters. The molecule has 2 N–H and O–H groups in total. The fourth-order valence-electron chi connectivity index (χ4n) is 1.76. The number of hydrogen-bond donors (Lipinski definition) is 2. The number of aromatic nitrogens is 2. The Kier molecular flexibility index (Phi) is 6.77. The molecule has 2 aromatic rings. The number of nitrogens with one attached hydrogen (secondary N) is 1. The van der Waals surface area contributed by atoms with Gasteiger partial charge in [0.15, 0.2) is 5.56 Å². The molecule has 23 heavy (non-hydrogen) atoms. The molecule has 1 aromatic carbocycles. The topological polar surface area (TPSA) is 132 Å². The maximum Gasteiger partial charge on any atom is 1.00 e. The number of aromatic carboxylic acids is 2. The normalized spacial score (nSPS) is 10.0. The summed E-state index contributed by atoms with van der Waals surface area (Å²) in [7, 11) is 0. The third kappa shape index (κ3) is 3.94. The largest absolute Gasteiger partial charge is 1.00 e. The molecule has 2 rings (SSSR count). The predicted octanol–water partition coefficient (Wildman–Crippen LogP) is -3.10. The minimum absolute atomic E-state index is 0. The van der Waals surface area contributed by atoms with Gasteiger partial charge in [0, 0.05) is 5.02 Å². The second kappa shape index (κ2) is 7.75. The van der Waals surface area contributed by atoms with Crippen molar-refractivity contribution in [1.29, 1.82) is 0 Å². The van der Waals surface area contributed by atoms with Crippen molar-refractivity contribution in [3.8, 4) is 5.69 Å². The number of aromatic amines is 1. The Hall–Kier alpha value is -0.944. The molecule has 0 bridgehead atoms. The summed E-state index contributed by atoms with van der Waals surface area (Å²) in [6, 6.07) is 3.84. The number of carbonyl (C=O) groups excluding carboxylic acids is 1. The standard InChI is InChI=1S/C12H6Cl2N2O6.K/c13-4-1-2-5(14)6(3-4)16-9(17)7(10(18)19)8(11(20)21)15-12(16)22;/h1-3H,(H,15,22)(H,18,19)(H,20,21);/q;+1/p-1. The fourth-order valence-corrected chi connectivity index (χ4v) is 2.13. The number of H-pyrrole nitrogens is 1. The first-order valence-corrected chi connectivity index (χ1v) is 6.29. The first-order valence-electron chi connectivity index (χ1n) is 5.53. The van der Waals surface area contributed by atoms with Crippen molar-refractivity contribution in [2.24, 2.45) is 0 Å². The van der Waals surface area contributed by atoms with Crippen LogP contribution in [0.15, 0.2) is 27.8 Å². The van der Waals surface area contributed by atoms with Gasteiger partial charge < -0.3 is 20.0 Å². The molecule has 11 heteroatoms. The third-order valence-electron chi connectivity index (χ3n) is 2.67. The summed E-state index contributed by atoms with van der Waals surface area (Å²) in [5.74, 6) is -3.84. The van der Waals surface area contributed by atoms with Crippen LogP contribution in [-0.4, -0.2) is 26.6 Å². The zero-order valence-corrected chi connectivity index (χ0v) is 16.1. The SMILES string of the molecule is O=C([O-])c1[nH]c(=O)n(-c2cc(Cl)ccc2Cl)c(=O)c1C(=O)O.[K+]. The van der Waals surface area contributed by atoms with E-state index in [0.717, 1.165) is 6.07 Å². The average Bonchev–Trinajstić information content (AvgIpc) is 2.41. The maximum atomic E-state index is 12.2. The Morgan fingerprint density at radius 1 is 1.22 bits per heavy atom. The number of carboxylic acids is 2. The molecule has 0 unspecified atom stereocenters. The van der Waals surface area contributed by atoms with E-state index < -0.39 is 34.4 Å². The van der Waals surface area contributed by atoms with Crippen LogP contribution in [0.2, 0.25) is 10.0 Å². The first-order chi connectivity index (χ1) is 10.2. The summed E-state index contributed by atoms with van der Waals surface area (Å²) >= 11 is 11.6. The predicted molar refractivity (Wildman–Crippen MR) is 74.0 cm³/mol. The van der Waals surface area contributed by atoms with Gasteiger partial charge in [-0.15, -0.1) is 0 Å². The molecule has 0 aliphatic heterocycles. The molecule has 1 aromatic heterocycles. The van der Waals surface area contributed by atoms with Gasteiger partial charge in [-0.05, 0) is 18.2 Å². The first kappa shape index (κ1) is 20.1. The van der Waals surface area contributed by atoms with Gasteiger partial charge in [0.05, 0.1) is 22.4 Å². The Morgan fingerprint density at radius 3 is 2.35 bits per heavy atom. The molecule has 114 valence electrons. The van der Waals surface area contributed by atoms with E-state index in [0.29, 0.717) is 4.57 Å². The van der Waals surface area contributed by atoms with Crippen LogP contribution >= 0.6 is 23.2 Å². The molecule has 0 spiro atoms. The molecule has 8 nitrogen and oxygen atoms in total. The van der Waals surface area contributed by atoms with Gasteiger partial charge in [0.25, 0.3) is 5.56 Å². The molecular weight excluding hydrogens is 378 g/mol. The molecule has 0 fully saturated rings. The second-order valence-electron chi connectivity index (χ2n) is 4.01. The van der Waals surface area contributed by atoms with Crippen molar-refractivity contribution >= 4 is 35.1 Å². The van der Waals surface area contributed by atoms with Crippen molar-refractivity contribution in [2.45, 2.75) is 0 Å². The van der Waals surface area contributed by atoms with Crippen LogP contribution in [0.3, 0.4) is 0 Å². The minimum atomic E-state index is -2.00. The van der Waals surface area contributed by atoms with E-state index >= 15 is 0 Å². The van der Waals surface area contributed by atoms with Gasteiger partial charge in [-0.3, -0.25) is 4.79 Å². The Labute approximate surface area is 180 Å². The molecule has 0 aliphatic carbocycles. The van der Waals surface area contributed by atoms with Gasteiger partial charge in [-0.25, -0.2) is 14.2 Å². The van der Waals surface area contributed by atoms with Crippen molar-refractivity contribution in [1.82, 2.24) is 9.55 Å². The Bertz CT molecular complexity index is 921. The molecular formula is C12H5Cl2KN2O6. The zero-order valence-electron chi connectivity index (χ0n) is 11.4. The van der Waals surface area contributed by atoms with Crippen LogP contribution in [0.4, 0.5) is 0 Å². The van der Waals surface area contributed by atoms with E-state index in [4.69, 9.17) is 28.3 Å². The van der Waals surface area contributed by atoms with E-state index in [1.54, 1.807) is 4.98 Å². The zero-order chi connectivity index (χ0) is 16.6. The van der Waals surface area contributed by atoms with Gasteiger partial charge in [-0.1, -0.05) is 23.2 Å². The van der Waals surface area contributed by atoms with E-state index in [2.05, 4.69) is 0 Å². The summed E-state index contributed by atoms with van der Waals surface area (Å²) < 4.78 is 0.379. The fraction of sp³-hybridized carbons (Fsp3) is 0. The number of nitrogens with zero attached hydrogens (tertiary/aromatic N) is 1. The molecule has 0 saturated carbocycles. The third-order valence-corrected chi connectivity index (χ3v) is 3.22. The number of rotatable bonds is 3. The Balaban J connectivity index is 0.00000264.